The smallest absolute Gasteiger partial charge is 0.408 e. The Balaban J connectivity index is 1.37. The average molecular weight is 754 g/mol. The Kier molecular flexibility index (Phi) is 10.2. The maximum Gasteiger partial charge on any atom is 0.408 e. The van der Waals surface area contributed by atoms with Crippen molar-refractivity contribution in [1.29, 1.82) is 0 Å². The van der Waals surface area contributed by atoms with Crippen molar-refractivity contribution in [3.05, 3.63) is 46.1 Å². The first-order chi connectivity index (χ1) is 23.7. The van der Waals surface area contributed by atoms with Crippen LogP contribution in [0.4, 0.5) is 4.79 Å². The van der Waals surface area contributed by atoms with E-state index in [2.05, 4.69) is 32.6 Å². The van der Waals surface area contributed by atoms with Crippen LogP contribution in [0.2, 0.25) is 0 Å². The molecule has 0 bridgehead atoms. The lowest BCUT2D eigenvalue weighted by Crippen LogP contribution is -2.67. The van der Waals surface area contributed by atoms with Gasteiger partial charge in [-0.2, -0.15) is 0 Å². The van der Waals surface area contributed by atoms with Gasteiger partial charge in [0, 0.05) is 27.8 Å². The molecule has 5 atom stereocenters. The number of nitrogens with one attached hydrogen (secondary N) is 2. The Morgan fingerprint density at radius 3 is 2.68 bits per heavy atom. The van der Waals surface area contributed by atoms with E-state index in [-0.39, 0.29) is 31.4 Å². The van der Waals surface area contributed by atoms with Gasteiger partial charge in [0.15, 0.2) is 0 Å². The number of carbonyl (C=O) groups is 4. The Morgan fingerprint density at radius 2 is 1.96 bits per heavy atom. The molecule has 270 valence electrons. The van der Waals surface area contributed by atoms with Crippen molar-refractivity contribution >= 4 is 50.7 Å². The number of aryl methyl sites for hydroxylation is 2. The number of pyridine rings is 1. The molecule has 2 N–H and O–H groups in total. The molecule has 6 rings (SSSR count). The summed E-state index contributed by atoms with van der Waals surface area (Å²) in [6.07, 6.45) is 9.69. The van der Waals surface area contributed by atoms with Crippen LogP contribution in [0.3, 0.4) is 0 Å². The van der Waals surface area contributed by atoms with E-state index in [1.807, 2.05) is 31.2 Å². The molecule has 1 aromatic heterocycles. The molecule has 1 aliphatic carbocycles. The lowest BCUT2D eigenvalue weighted by Gasteiger charge is -2.47. The van der Waals surface area contributed by atoms with E-state index < -0.39 is 46.8 Å². The number of halogens is 1. The molecule has 50 heavy (non-hydrogen) atoms. The number of carbonyl (C=O) groups excluding carboxylic acids is 4. The van der Waals surface area contributed by atoms with E-state index in [1.165, 1.54) is 0 Å². The van der Waals surface area contributed by atoms with Gasteiger partial charge in [0.05, 0.1) is 24.4 Å². The van der Waals surface area contributed by atoms with Crippen molar-refractivity contribution in [2.45, 2.75) is 128 Å². The van der Waals surface area contributed by atoms with E-state index in [4.69, 9.17) is 19.2 Å². The highest BCUT2D eigenvalue weighted by atomic mass is 79.9. The Morgan fingerprint density at radius 1 is 1.16 bits per heavy atom. The summed E-state index contributed by atoms with van der Waals surface area (Å²) in [6, 6.07) is 4.13. The van der Waals surface area contributed by atoms with Crippen LogP contribution >= 0.6 is 15.9 Å². The third kappa shape index (κ3) is 7.22. The number of aromatic nitrogens is 1. The highest BCUT2D eigenvalue weighted by molar-refractivity contribution is 9.10. The van der Waals surface area contributed by atoms with Crippen LogP contribution in [0, 0.1) is 12.8 Å². The molecule has 0 radical (unpaired) electrons. The van der Waals surface area contributed by atoms with E-state index >= 15 is 0 Å². The average Bonchev–Trinajstić information content (AvgIpc) is 3.41. The van der Waals surface area contributed by atoms with Crippen LogP contribution in [0.15, 0.2) is 34.8 Å². The second-order valence-corrected chi connectivity index (χ2v) is 16.1. The van der Waals surface area contributed by atoms with Gasteiger partial charge in [0.25, 0.3) is 0 Å². The number of ether oxygens (including phenoxy) is 3. The van der Waals surface area contributed by atoms with Crippen molar-refractivity contribution in [3.63, 3.8) is 0 Å². The van der Waals surface area contributed by atoms with Crippen LogP contribution in [-0.2, 0) is 30.3 Å². The molecule has 1 aromatic carbocycles. The van der Waals surface area contributed by atoms with Crippen molar-refractivity contribution in [1.82, 2.24) is 20.5 Å². The number of amides is 3. The number of benzene rings is 1. The minimum absolute atomic E-state index is 0.140. The van der Waals surface area contributed by atoms with Crippen LogP contribution in [0.5, 0.6) is 5.75 Å². The summed E-state index contributed by atoms with van der Waals surface area (Å²) >= 11 is 3.59. The largest absolute Gasteiger partial charge is 0.483 e. The fourth-order valence-electron chi connectivity index (χ4n) is 7.93. The second kappa shape index (κ2) is 14.2. The van der Waals surface area contributed by atoms with E-state index in [1.54, 1.807) is 32.6 Å². The van der Waals surface area contributed by atoms with Gasteiger partial charge in [0.2, 0.25) is 11.8 Å². The van der Waals surface area contributed by atoms with Gasteiger partial charge in [-0.05, 0) is 97.8 Å². The number of nitrogens with zero attached hydrogens (tertiary/aromatic N) is 2. The monoisotopic (exact) mass is 752 g/mol. The number of hydrogen-bond acceptors (Lipinski definition) is 8. The molecule has 1 spiro atoms. The summed E-state index contributed by atoms with van der Waals surface area (Å²) in [5, 5.41) is 6.93. The molecule has 12 heteroatoms. The maximum absolute atomic E-state index is 14.6. The quantitative estimate of drug-likeness (QED) is 0.279. The molecule has 3 amide bonds. The maximum atomic E-state index is 14.6. The predicted octanol–water partition coefficient (Wildman–Crippen LogP) is 6.21. The summed E-state index contributed by atoms with van der Waals surface area (Å²) < 4.78 is 18.9. The van der Waals surface area contributed by atoms with Crippen LogP contribution in [0.25, 0.3) is 10.9 Å². The summed E-state index contributed by atoms with van der Waals surface area (Å²) in [6.45, 7) is 9.31. The zero-order valence-electron chi connectivity index (χ0n) is 29.7. The topological polar surface area (TPSA) is 136 Å². The molecule has 0 unspecified atom stereocenters. The highest BCUT2D eigenvalue weighted by Crippen LogP contribution is 2.46. The molecule has 1 saturated carbocycles. The molecule has 3 aliphatic heterocycles. The van der Waals surface area contributed by atoms with E-state index in [0.29, 0.717) is 37.9 Å². The molecular formula is C38H49BrN4O7. The third-order valence-corrected chi connectivity index (χ3v) is 11.0. The lowest BCUT2D eigenvalue weighted by molar-refractivity contribution is -0.161. The molecule has 11 nitrogen and oxygen atoms in total. The summed E-state index contributed by atoms with van der Waals surface area (Å²) in [5.41, 5.74) is -0.181. The van der Waals surface area contributed by atoms with Gasteiger partial charge in [0.1, 0.15) is 34.6 Å². The Labute approximate surface area is 302 Å². The Hall–Kier alpha value is -3.67. The van der Waals surface area contributed by atoms with Crippen molar-refractivity contribution in [2.24, 2.45) is 5.92 Å². The van der Waals surface area contributed by atoms with Gasteiger partial charge >= 0.3 is 12.1 Å². The minimum Gasteiger partial charge on any atom is -0.483 e. The lowest BCUT2D eigenvalue weighted by atomic mass is 9.66. The molecule has 4 aliphatic rings. The number of esters is 1. The van der Waals surface area contributed by atoms with Crippen molar-refractivity contribution in [2.75, 3.05) is 13.2 Å². The molecule has 2 aromatic rings. The number of hydrogen-bond donors (Lipinski definition) is 2. The van der Waals surface area contributed by atoms with Gasteiger partial charge in [-0.25, -0.2) is 14.6 Å². The molecular weight excluding hydrogens is 704 g/mol. The zero-order valence-corrected chi connectivity index (χ0v) is 31.3. The number of allylic oxidation sites excluding steroid dienone is 1. The van der Waals surface area contributed by atoms with Crippen molar-refractivity contribution in [3.8, 4) is 5.75 Å². The van der Waals surface area contributed by atoms with Gasteiger partial charge in [-0.1, -0.05) is 40.9 Å². The first-order valence-corrected chi connectivity index (χ1v) is 18.8. The number of alkyl carbamates (subject to hydrolysis) is 1. The van der Waals surface area contributed by atoms with Crippen molar-refractivity contribution < 1.29 is 33.4 Å². The first-order valence-electron chi connectivity index (χ1n) is 18.0. The van der Waals surface area contributed by atoms with Gasteiger partial charge < -0.3 is 29.7 Å². The fourth-order valence-corrected chi connectivity index (χ4v) is 8.29. The van der Waals surface area contributed by atoms with E-state index in [9.17, 15) is 19.2 Å². The summed E-state index contributed by atoms with van der Waals surface area (Å²) in [5.74, 6) is -0.804. The third-order valence-electron chi connectivity index (χ3n) is 10.5. The first kappa shape index (κ1) is 36.1. The zero-order chi connectivity index (χ0) is 35.8. The predicted molar refractivity (Wildman–Crippen MR) is 192 cm³/mol. The van der Waals surface area contributed by atoms with Crippen LogP contribution in [-0.4, -0.2) is 75.7 Å². The molecule has 4 heterocycles. The van der Waals surface area contributed by atoms with Crippen LogP contribution in [0.1, 0.15) is 96.7 Å². The normalized spacial score (nSPS) is 29.2. The summed E-state index contributed by atoms with van der Waals surface area (Å²) in [4.78, 5) is 62.1. The van der Waals surface area contributed by atoms with Gasteiger partial charge in [-0.15, -0.1) is 0 Å². The Bertz CT molecular complexity index is 1710. The standard InChI is InChI=1S/C38H49BrN4O7/c1-6-48-34(46)38-19-16-24(38)12-10-8-7-9-11-13-29(41-35(47)50-36(3,4)5)33(45)43-22-37(21-30(43)32(44)42-38)18-17-26-27-20-25(39)14-15-28(27)40-23(2)31(26)49-37/h10,12,14-15,20,24,29-30H,6-9,11,13,16-19,21-22H2,1-5H3,(H,41,47)(H,42,44)/b12-10-/t24-,29+,30+,37-,38-/m1/s1. The molecule has 2 fully saturated rings. The second-order valence-electron chi connectivity index (χ2n) is 15.2. The van der Waals surface area contributed by atoms with E-state index in [0.717, 1.165) is 52.3 Å². The number of rotatable bonds is 3. The number of fused-ring (bicyclic) bond motifs is 5. The SMILES string of the molecule is CCOC(=O)[C@@]12CC[C@H]1/C=C\CCCCC[C@H](NC(=O)OC(C)(C)C)C(=O)N1C[C@@]3(CCc4c(c(C)nc5ccc(Br)cc45)O3)C[C@H]1C(=O)N2. The minimum atomic E-state index is -1.21. The fraction of sp³-hybridized carbons (Fsp3) is 0.605. The van der Waals surface area contributed by atoms with Gasteiger partial charge in [-0.3, -0.25) is 9.59 Å². The highest BCUT2D eigenvalue weighted by Gasteiger charge is 2.58. The summed E-state index contributed by atoms with van der Waals surface area (Å²) in [7, 11) is 0. The molecule has 1 saturated heterocycles. The van der Waals surface area contributed by atoms with Crippen LogP contribution < -0.4 is 15.4 Å².